The van der Waals surface area contributed by atoms with Crippen molar-refractivity contribution in [2.24, 2.45) is 7.05 Å². The number of hydrogen-bond donors (Lipinski definition) is 2. The largest absolute Gasteiger partial charge is 0.326 e. The van der Waals surface area contributed by atoms with Crippen LogP contribution in [0.2, 0.25) is 0 Å². The van der Waals surface area contributed by atoms with Crippen LogP contribution >= 0.6 is 15.9 Å². The van der Waals surface area contributed by atoms with Gasteiger partial charge in [-0.3, -0.25) is 14.3 Å². The number of fused-ring (bicyclic) bond motifs is 1. The van der Waals surface area contributed by atoms with Crippen LogP contribution in [0, 0.1) is 25.5 Å². The minimum Gasteiger partial charge on any atom is -0.326 e. The molecule has 206 valence electrons. The molecule has 0 aliphatic rings. The number of aryl methyl sites for hydroxylation is 3. The molecule has 3 heterocycles. The van der Waals surface area contributed by atoms with Gasteiger partial charge in [0.1, 0.15) is 23.0 Å². The van der Waals surface area contributed by atoms with Crippen molar-refractivity contribution >= 4 is 38.6 Å². The number of aromatic nitrogens is 6. The minimum atomic E-state index is -0.524. The molecule has 2 aromatic carbocycles. The topological polar surface area (TPSA) is 110 Å². The Balaban J connectivity index is 1.31. The van der Waals surface area contributed by atoms with Gasteiger partial charge < -0.3 is 10.3 Å². The Bertz CT molecular complexity index is 1830. The second-order valence-electron chi connectivity index (χ2n) is 9.67. The average Bonchev–Trinajstić information content (AvgIpc) is 3.50. The number of nitrogens with one attached hydrogen (secondary N) is 2. The number of benzene rings is 2. The molecule has 0 spiro atoms. The van der Waals surface area contributed by atoms with Crippen molar-refractivity contribution in [2.45, 2.75) is 39.7 Å². The van der Waals surface area contributed by atoms with E-state index in [2.05, 4.69) is 41.6 Å². The number of aromatic amines is 1. The molecule has 0 unspecified atom stereocenters. The third-order valence-corrected chi connectivity index (χ3v) is 7.62. The highest BCUT2D eigenvalue weighted by Crippen LogP contribution is 2.28. The lowest BCUT2D eigenvalue weighted by atomic mass is 10.0. The van der Waals surface area contributed by atoms with E-state index in [0.717, 1.165) is 22.2 Å². The highest BCUT2D eigenvalue weighted by Gasteiger charge is 2.18. The highest BCUT2D eigenvalue weighted by molar-refractivity contribution is 9.10. The monoisotopic (exact) mass is 609 g/mol. The molecule has 0 aliphatic carbocycles. The van der Waals surface area contributed by atoms with Gasteiger partial charge in [-0.25, -0.2) is 13.5 Å². The molecule has 40 heavy (non-hydrogen) atoms. The Hall–Kier alpha value is -4.19. The molecule has 5 aromatic rings. The number of anilines is 1. The van der Waals surface area contributed by atoms with Gasteiger partial charge in [-0.05, 0) is 84.6 Å². The maximum absolute atomic E-state index is 14.8. The van der Waals surface area contributed by atoms with Crippen LogP contribution in [0.25, 0.3) is 22.3 Å². The summed E-state index contributed by atoms with van der Waals surface area (Å²) in [5.41, 5.74) is 4.13. The fourth-order valence-corrected chi connectivity index (χ4v) is 5.23. The zero-order valence-corrected chi connectivity index (χ0v) is 23.8. The molecule has 5 rings (SSSR count). The average molecular weight is 610 g/mol. The Kier molecular flexibility index (Phi) is 7.37. The van der Waals surface area contributed by atoms with E-state index in [0.29, 0.717) is 21.4 Å². The number of halogens is 3. The molecule has 0 radical (unpaired) electrons. The number of nitrogens with zero attached hydrogens (tertiary/aromatic N) is 5. The fraction of sp³-hybridized carbons (Fsp3) is 0.250. The summed E-state index contributed by atoms with van der Waals surface area (Å²) in [5, 5.41) is 16.3. The van der Waals surface area contributed by atoms with E-state index in [9.17, 15) is 18.4 Å². The summed E-state index contributed by atoms with van der Waals surface area (Å²) in [6.45, 7) is 5.59. The lowest BCUT2D eigenvalue weighted by molar-refractivity contribution is -0.116. The molecule has 2 N–H and O–H groups in total. The van der Waals surface area contributed by atoms with Crippen LogP contribution in [0.4, 0.5) is 14.5 Å². The SMILES string of the molecule is Cc1nn(C)c2[nH]c(=O)c(CCC(=O)Nc3ccc(F)c(-c4cn([C@@H](C)c5ccc(F)c(Br)c5)nn4)c3)c(C)c12. The summed E-state index contributed by atoms with van der Waals surface area (Å²) < 4.78 is 31.9. The predicted octanol–water partition coefficient (Wildman–Crippen LogP) is 5.36. The van der Waals surface area contributed by atoms with Gasteiger partial charge in [0.15, 0.2) is 0 Å². The maximum Gasteiger partial charge on any atom is 0.253 e. The van der Waals surface area contributed by atoms with Gasteiger partial charge >= 0.3 is 0 Å². The van der Waals surface area contributed by atoms with Crippen molar-refractivity contribution in [2.75, 3.05) is 5.32 Å². The smallest absolute Gasteiger partial charge is 0.253 e. The number of H-pyrrole nitrogens is 1. The molecular formula is C28H26BrF2N7O2. The standard InChI is InChI=1S/C28H26BrF2N7O2/c1-14-19(28(40)33-27-26(14)15(2)35-37(27)4)7-10-25(39)32-18-6-9-22(30)20(12-18)24-13-38(36-34-24)16(3)17-5-8-23(31)21(29)11-17/h5-6,8-9,11-13,16H,7,10H2,1-4H3,(H,32,39)(H,33,40)/t16-/m0/s1. The Morgan fingerprint density at radius 1 is 1.15 bits per heavy atom. The lowest BCUT2D eigenvalue weighted by Gasteiger charge is -2.12. The van der Waals surface area contributed by atoms with Crippen molar-refractivity contribution < 1.29 is 13.6 Å². The molecule has 12 heteroatoms. The first kappa shape index (κ1) is 27.4. The summed E-state index contributed by atoms with van der Waals surface area (Å²) in [7, 11) is 1.76. The van der Waals surface area contributed by atoms with Crippen molar-refractivity contribution in [3.05, 3.63) is 91.4 Å². The Morgan fingerprint density at radius 2 is 1.90 bits per heavy atom. The van der Waals surface area contributed by atoms with Gasteiger partial charge in [0.05, 0.1) is 22.4 Å². The van der Waals surface area contributed by atoms with Gasteiger partial charge in [0.25, 0.3) is 5.56 Å². The molecule has 1 amide bonds. The molecule has 0 saturated heterocycles. The first-order valence-electron chi connectivity index (χ1n) is 12.5. The van der Waals surface area contributed by atoms with E-state index in [-0.39, 0.29) is 47.4 Å². The van der Waals surface area contributed by atoms with Crippen LogP contribution < -0.4 is 10.9 Å². The molecule has 0 bridgehead atoms. The zero-order chi connectivity index (χ0) is 28.7. The number of hydrogen-bond acceptors (Lipinski definition) is 5. The van der Waals surface area contributed by atoms with E-state index in [1.54, 1.807) is 34.7 Å². The normalized spacial score (nSPS) is 12.2. The molecular weight excluding hydrogens is 584 g/mol. The molecule has 3 aromatic heterocycles. The summed E-state index contributed by atoms with van der Waals surface area (Å²) in [4.78, 5) is 28.3. The third-order valence-electron chi connectivity index (χ3n) is 7.02. The van der Waals surface area contributed by atoms with E-state index in [1.165, 1.54) is 24.3 Å². The summed E-state index contributed by atoms with van der Waals surface area (Å²) >= 11 is 3.19. The lowest BCUT2D eigenvalue weighted by Crippen LogP contribution is -2.19. The number of amides is 1. The van der Waals surface area contributed by atoms with Crippen LogP contribution in [-0.2, 0) is 18.3 Å². The molecule has 0 fully saturated rings. The van der Waals surface area contributed by atoms with Crippen molar-refractivity contribution in [1.29, 1.82) is 0 Å². The Labute approximate surface area is 236 Å². The maximum atomic E-state index is 14.8. The Morgan fingerprint density at radius 3 is 2.65 bits per heavy atom. The molecule has 1 atom stereocenters. The van der Waals surface area contributed by atoms with Crippen LogP contribution in [0.15, 0.2) is 51.9 Å². The van der Waals surface area contributed by atoms with Crippen molar-refractivity contribution in [1.82, 2.24) is 29.8 Å². The highest BCUT2D eigenvalue weighted by atomic mass is 79.9. The summed E-state index contributed by atoms with van der Waals surface area (Å²) in [5.74, 6) is -1.22. The fourth-order valence-electron chi connectivity index (χ4n) is 4.83. The summed E-state index contributed by atoms with van der Waals surface area (Å²) in [6.07, 6.45) is 1.89. The van der Waals surface area contributed by atoms with Crippen molar-refractivity contribution in [3.63, 3.8) is 0 Å². The van der Waals surface area contributed by atoms with Gasteiger partial charge in [-0.15, -0.1) is 5.10 Å². The van der Waals surface area contributed by atoms with Crippen LogP contribution in [0.5, 0.6) is 0 Å². The van der Waals surface area contributed by atoms with Gasteiger partial charge in [0.2, 0.25) is 5.91 Å². The number of rotatable bonds is 7. The van der Waals surface area contributed by atoms with E-state index < -0.39 is 5.82 Å². The molecule has 9 nitrogen and oxygen atoms in total. The predicted molar refractivity (Wildman–Crippen MR) is 151 cm³/mol. The van der Waals surface area contributed by atoms with E-state index in [4.69, 9.17) is 0 Å². The number of pyridine rings is 1. The number of carbonyl (C=O) groups excluding carboxylic acids is 1. The molecule has 0 aliphatic heterocycles. The van der Waals surface area contributed by atoms with E-state index >= 15 is 0 Å². The zero-order valence-electron chi connectivity index (χ0n) is 22.2. The second-order valence-corrected chi connectivity index (χ2v) is 10.5. The second kappa shape index (κ2) is 10.8. The minimum absolute atomic E-state index is 0.0579. The quantitative estimate of drug-likeness (QED) is 0.258. The van der Waals surface area contributed by atoms with Gasteiger partial charge in [-0.2, -0.15) is 5.10 Å². The van der Waals surface area contributed by atoms with Gasteiger partial charge in [-0.1, -0.05) is 11.3 Å². The van der Waals surface area contributed by atoms with Crippen LogP contribution in [0.3, 0.4) is 0 Å². The van der Waals surface area contributed by atoms with Crippen molar-refractivity contribution in [3.8, 4) is 11.3 Å². The summed E-state index contributed by atoms with van der Waals surface area (Å²) in [6, 6.07) is 8.57. The number of carbonyl (C=O) groups is 1. The molecule has 0 saturated carbocycles. The van der Waals surface area contributed by atoms with Gasteiger partial charge in [0, 0.05) is 35.7 Å². The van der Waals surface area contributed by atoms with Crippen LogP contribution in [0.1, 0.15) is 41.8 Å². The first-order chi connectivity index (χ1) is 19.0. The van der Waals surface area contributed by atoms with E-state index in [1.807, 2.05) is 20.8 Å². The first-order valence-corrected chi connectivity index (χ1v) is 13.3. The third kappa shape index (κ3) is 5.18. The van der Waals surface area contributed by atoms with Crippen LogP contribution in [-0.4, -0.2) is 35.7 Å².